The van der Waals surface area contributed by atoms with Crippen molar-refractivity contribution in [2.75, 3.05) is 18.9 Å². The van der Waals surface area contributed by atoms with Gasteiger partial charge in [0.05, 0.1) is 13.1 Å². The molecule has 0 fully saturated rings. The van der Waals surface area contributed by atoms with Crippen molar-refractivity contribution in [1.29, 1.82) is 0 Å². The zero-order chi connectivity index (χ0) is 17.0. The number of nitrogens with zero attached hydrogens (tertiary/aromatic N) is 1. The number of aromatic hydroxyl groups is 1. The van der Waals surface area contributed by atoms with Crippen molar-refractivity contribution in [3.8, 4) is 5.75 Å². The summed E-state index contributed by atoms with van der Waals surface area (Å²) in [5, 5.41) is 11.5. The van der Waals surface area contributed by atoms with Gasteiger partial charge in [0.2, 0.25) is 11.3 Å². The van der Waals surface area contributed by atoms with Gasteiger partial charge in [0, 0.05) is 17.8 Å². The molecule has 0 spiro atoms. The number of benzene rings is 1. The topological polar surface area (TPSA) is 82.8 Å². The number of hydrogen-bond acceptors (Lipinski definition) is 5. The van der Waals surface area contributed by atoms with E-state index in [1.54, 1.807) is 7.05 Å². The SMILES string of the molecule is CN(CC(=O)Nc1cc(F)cc(F)c1)Cc1cc(=O)c(O)co1. The first-order chi connectivity index (χ1) is 10.8. The van der Waals surface area contributed by atoms with E-state index < -0.39 is 28.7 Å². The van der Waals surface area contributed by atoms with Crippen LogP contribution in [0.4, 0.5) is 14.5 Å². The summed E-state index contributed by atoms with van der Waals surface area (Å²) >= 11 is 0. The summed E-state index contributed by atoms with van der Waals surface area (Å²) in [6.45, 7) is 0.0448. The molecule has 122 valence electrons. The van der Waals surface area contributed by atoms with Gasteiger partial charge in [-0.2, -0.15) is 0 Å². The average molecular weight is 324 g/mol. The first-order valence-electron chi connectivity index (χ1n) is 6.58. The molecule has 2 rings (SSSR count). The molecule has 6 nitrogen and oxygen atoms in total. The van der Waals surface area contributed by atoms with Gasteiger partial charge >= 0.3 is 0 Å². The van der Waals surface area contributed by atoms with E-state index in [0.29, 0.717) is 6.07 Å². The van der Waals surface area contributed by atoms with Gasteiger partial charge < -0.3 is 14.8 Å². The lowest BCUT2D eigenvalue weighted by Gasteiger charge is -2.15. The molecule has 0 aliphatic rings. The molecule has 0 saturated heterocycles. The van der Waals surface area contributed by atoms with Crippen LogP contribution in [0.2, 0.25) is 0 Å². The number of carbonyl (C=O) groups excluding carboxylic acids is 1. The normalized spacial score (nSPS) is 10.8. The molecule has 0 aliphatic heterocycles. The van der Waals surface area contributed by atoms with Crippen LogP contribution < -0.4 is 10.7 Å². The van der Waals surface area contributed by atoms with Crippen LogP contribution in [0.25, 0.3) is 0 Å². The minimum atomic E-state index is -0.792. The zero-order valence-electron chi connectivity index (χ0n) is 12.2. The molecule has 2 aromatic rings. The number of halogens is 2. The molecule has 0 atom stereocenters. The maximum atomic E-state index is 13.0. The molecule has 1 amide bonds. The predicted molar refractivity (Wildman–Crippen MR) is 78.0 cm³/mol. The highest BCUT2D eigenvalue weighted by atomic mass is 19.1. The maximum Gasteiger partial charge on any atom is 0.238 e. The Morgan fingerprint density at radius 3 is 2.52 bits per heavy atom. The Morgan fingerprint density at radius 2 is 1.91 bits per heavy atom. The number of amides is 1. The second-order valence-electron chi connectivity index (χ2n) is 4.97. The largest absolute Gasteiger partial charge is 0.502 e. The number of rotatable bonds is 5. The Morgan fingerprint density at radius 1 is 1.26 bits per heavy atom. The zero-order valence-corrected chi connectivity index (χ0v) is 12.2. The van der Waals surface area contributed by atoms with Crippen LogP contribution in [-0.2, 0) is 11.3 Å². The highest BCUT2D eigenvalue weighted by Gasteiger charge is 2.11. The van der Waals surface area contributed by atoms with Crippen molar-refractivity contribution in [3.63, 3.8) is 0 Å². The molecule has 2 N–H and O–H groups in total. The Labute approximate surface area is 130 Å². The fourth-order valence-corrected chi connectivity index (χ4v) is 1.92. The van der Waals surface area contributed by atoms with Crippen LogP contribution in [0.3, 0.4) is 0 Å². The van der Waals surface area contributed by atoms with Crippen molar-refractivity contribution in [3.05, 3.63) is 58.1 Å². The minimum absolute atomic E-state index is 0.0112. The Hall–Kier alpha value is -2.74. The van der Waals surface area contributed by atoms with Crippen LogP contribution in [0.15, 0.2) is 39.7 Å². The fourth-order valence-electron chi connectivity index (χ4n) is 1.92. The van der Waals surface area contributed by atoms with E-state index in [2.05, 4.69) is 5.32 Å². The Bertz CT molecular complexity index is 756. The lowest BCUT2D eigenvalue weighted by Crippen LogP contribution is -2.30. The van der Waals surface area contributed by atoms with Crippen LogP contribution in [-0.4, -0.2) is 29.5 Å². The van der Waals surface area contributed by atoms with E-state index in [1.807, 2.05) is 0 Å². The molecule has 0 saturated carbocycles. The van der Waals surface area contributed by atoms with E-state index >= 15 is 0 Å². The third-order valence-electron chi connectivity index (χ3n) is 2.85. The molecular weight excluding hydrogens is 310 g/mol. The van der Waals surface area contributed by atoms with Gasteiger partial charge in [-0.15, -0.1) is 0 Å². The van der Waals surface area contributed by atoms with Gasteiger partial charge in [-0.1, -0.05) is 0 Å². The summed E-state index contributed by atoms with van der Waals surface area (Å²) < 4.78 is 31.1. The van der Waals surface area contributed by atoms with E-state index in [4.69, 9.17) is 9.52 Å². The minimum Gasteiger partial charge on any atom is -0.502 e. The summed E-state index contributed by atoms with van der Waals surface area (Å²) in [4.78, 5) is 24.6. The van der Waals surface area contributed by atoms with E-state index in [9.17, 15) is 18.4 Å². The van der Waals surface area contributed by atoms with Crippen LogP contribution in [0.1, 0.15) is 5.76 Å². The van der Waals surface area contributed by atoms with E-state index in [1.165, 1.54) is 4.90 Å². The summed E-state index contributed by atoms with van der Waals surface area (Å²) in [5.41, 5.74) is -0.573. The van der Waals surface area contributed by atoms with Gasteiger partial charge in [-0.25, -0.2) is 8.78 Å². The molecule has 1 aromatic carbocycles. The van der Waals surface area contributed by atoms with Crippen molar-refractivity contribution in [1.82, 2.24) is 4.90 Å². The first-order valence-corrected chi connectivity index (χ1v) is 6.58. The van der Waals surface area contributed by atoms with Crippen LogP contribution >= 0.6 is 0 Å². The van der Waals surface area contributed by atoms with Gasteiger partial charge in [0.15, 0.2) is 5.75 Å². The lowest BCUT2D eigenvalue weighted by molar-refractivity contribution is -0.117. The number of likely N-dealkylation sites (N-methyl/N-ethyl adjacent to an activating group) is 1. The van der Waals surface area contributed by atoms with Crippen molar-refractivity contribution in [2.24, 2.45) is 0 Å². The first kappa shape index (κ1) is 16.6. The predicted octanol–water partition coefficient (Wildman–Crippen LogP) is 1.69. The van der Waals surface area contributed by atoms with Gasteiger partial charge in [0.25, 0.3) is 0 Å². The molecule has 0 radical (unpaired) electrons. The van der Waals surface area contributed by atoms with E-state index in [-0.39, 0.29) is 24.5 Å². The smallest absolute Gasteiger partial charge is 0.238 e. The Balaban J connectivity index is 1.93. The van der Waals surface area contributed by atoms with Gasteiger partial charge in [-0.05, 0) is 19.2 Å². The van der Waals surface area contributed by atoms with Crippen LogP contribution in [0, 0.1) is 11.6 Å². The fraction of sp³-hybridized carbons (Fsp3) is 0.200. The third-order valence-corrected chi connectivity index (χ3v) is 2.85. The third kappa shape index (κ3) is 4.89. The van der Waals surface area contributed by atoms with Crippen LogP contribution in [0.5, 0.6) is 5.75 Å². The maximum absolute atomic E-state index is 13.0. The second kappa shape index (κ2) is 7.01. The highest BCUT2D eigenvalue weighted by molar-refractivity contribution is 5.92. The van der Waals surface area contributed by atoms with Gasteiger partial charge in [0.1, 0.15) is 23.7 Å². The molecule has 23 heavy (non-hydrogen) atoms. The Kier molecular flexibility index (Phi) is 5.07. The molecule has 1 aromatic heterocycles. The van der Waals surface area contributed by atoms with Crippen molar-refractivity contribution in [2.45, 2.75) is 6.54 Å². The van der Waals surface area contributed by atoms with E-state index in [0.717, 1.165) is 24.5 Å². The monoisotopic (exact) mass is 324 g/mol. The average Bonchev–Trinajstić information content (AvgIpc) is 2.41. The standard InChI is InChI=1S/C15H14F2N2O4/c1-19(6-12-5-13(20)14(21)8-23-12)7-15(22)18-11-3-9(16)2-10(17)4-11/h2-5,8,21H,6-7H2,1H3,(H,18,22). The molecule has 0 unspecified atom stereocenters. The van der Waals surface area contributed by atoms with Crippen molar-refractivity contribution < 1.29 is 23.1 Å². The summed E-state index contributed by atoms with van der Waals surface area (Å²) in [6.07, 6.45) is 0.918. The quantitative estimate of drug-likeness (QED) is 0.874. The molecule has 1 heterocycles. The molecule has 0 aliphatic carbocycles. The summed E-state index contributed by atoms with van der Waals surface area (Å²) in [7, 11) is 1.60. The number of anilines is 1. The molecule has 8 heteroatoms. The number of carbonyl (C=O) groups is 1. The molecule has 0 bridgehead atoms. The second-order valence-corrected chi connectivity index (χ2v) is 4.97. The summed E-state index contributed by atoms with van der Waals surface area (Å²) in [5.74, 6) is -2.31. The highest BCUT2D eigenvalue weighted by Crippen LogP contribution is 2.13. The number of nitrogens with one attached hydrogen (secondary N) is 1. The van der Waals surface area contributed by atoms with Crippen molar-refractivity contribution >= 4 is 11.6 Å². The molecular formula is C15H14F2N2O4. The van der Waals surface area contributed by atoms with Gasteiger partial charge in [-0.3, -0.25) is 14.5 Å². The lowest BCUT2D eigenvalue weighted by atomic mass is 10.3. The number of hydrogen-bond donors (Lipinski definition) is 2. The summed E-state index contributed by atoms with van der Waals surface area (Å²) in [6, 6.07) is 3.82.